The van der Waals surface area contributed by atoms with Gasteiger partial charge in [-0.1, -0.05) is 43.3 Å². The standard InChI is InChI=1S/C27H23N5O4/c1-16(2)22(25-30-23(31-36-25)18-10-12-28-13-11-18)29-24(33)19-7-5-6-17(14-19)15-32-26(34)20-8-3-4-9-21(20)27(32)35/h3-14,16,22H,15H2,1-2H3,(H,29,33). The van der Waals surface area contributed by atoms with Crippen molar-refractivity contribution in [2.45, 2.75) is 26.4 Å². The van der Waals surface area contributed by atoms with Crippen molar-refractivity contribution in [3.63, 3.8) is 0 Å². The number of hydrogen-bond donors (Lipinski definition) is 1. The zero-order chi connectivity index (χ0) is 25.2. The second-order valence-electron chi connectivity index (χ2n) is 8.83. The molecule has 36 heavy (non-hydrogen) atoms. The first-order valence-corrected chi connectivity index (χ1v) is 11.5. The minimum absolute atomic E-state index is 0.0266. The van der Waals surface area contributed by atoms with Gasteiger partial charge < -0.3 is 9.84 Å². The fourth-order valence-corrected chi connectivity index (χ4v) is 4.09. The van der Waals surface area contributed by atoms with Gasteiger partial charge in [0.1, 0.15) is 6.04 Å². The van der Waals surface area contributed by atoms with Gasteiger partial charge in [-0.15, -0.1) is 0 Å². The number of amides is 3. The van der Waals surface area contributed by atoms with Crippen LogP contribution in [-0.2, 0) is 6.54 Å². The van der Waals surface area contributed by atoms with E-state index >= 15 is 0 Å². The van der Waals surface area contributed by atoms with E-state index in [-0.39, 0.29) is 30.2 Å². The number of pyridine rings is 1. The van der Waals surface area contributed by atoms with Crippen LogP contribution in [0.15, 0.2) is 77.6 Å². The molecule has 3 amide bonds. The van der Waals surface area contributed by atoms with E-state index in [1.807, 2.05) is 13.8 Å². The first-order chi connectivity index (χ1) is 17.4. The lowest BCUT2D eigenvalue weighted by Gasteiger charge is -2.19. The number of carbonyl (C=O) groups excluding carboxylic acids is 3. The highest BCUT2D eigenvalue weighted by Crippen LogP contribution is 2.26. The fraction of sp³-hybridized carbons (Fsp3) is 0.185. The van der Waals surface area contributed by atoms with Gasteiger partial charge in [-0.3, -0.25) is 24.3 Å². The van der Waals surface area contributed by atoms with E-state index in [1.165, 1.54) is 4.90 Å². The summed E-state index contributed by atoms with van der Waals surface area (Å²) in [6.45, 7) is 3.96. The number of nitrogens with zero attached hydrogens (tertiary/aromatic N) is 4. The number of hydrogen-bond acceptors (Lipinski definition) is 7. The molecule has 1 N–H and O–H groups in total. The smallest absolute Gasteiger partial charge is 0.261 e. The Labute approximate surface area is 207 Å². The molecule has 2 aromatic carbocycles. The summed E-state index contributed by atoms with van der Waals surface area (Å²) in [7, 11) is 0. The topological polar surface area (TPSA) is 118 Å². The molecule has 3 heterocycles. The van der Waals surface area contributed by atoms with Crippen LogP contribution < -0.4 is 5.32 Å². The average molecular weight is 482 g/mol. The summed E-state index contributed by atoms with van der Waals surface area (Å²) >= 11 is 0. The maximum absolute atomic E-state index is 13.1. The highest BCUT2D eigenvalue weighted by molar-refractivity contribution is 6.21. The minimum atomic E-state index is -0.513. The van der Waals surface area contributed by atoms with Gasteiger partial charge in [0.05, 0.1) is 17.7 Å². The molecule has 0 saturated carbocycles. The average Bonchev–Trinajstić information content (AvgIpc) is 3.48. The van der Waals surface area contributed by atoms with Gasteiger partial charge >= 0.3 is 0 Å². The normalized spacial score (nSPS) is 13.7. The maximum Gasteiger partial charge on any atom is 0.261 e. The number of carbonyl (C=O) groups is 3. The molecule has 0 saturated heterocycles. The molecule has 0 fully saturated rings. The number of imide groups is 1. The fourth-order valence-electron chi connectivity index (χ4n) is 4.09. The summed E-state index contributed by atoms with van der Waals surface area (Å²) in [5.41, 5.74) is 2.60. The van der Waals surface area contributed by atoms with Crippen LogP contribution in [0, 0.1) is 5.92 Å². The lowest BCUT2D eigenvalue weighted by Crippen LogP contribution is -2.32. The SMILES string of the molecule is CC(C)C(NC(=O)c1cccc(CN2C(=O)c3ccccc3C2=O)c1)c1nc(-c2ccncc2)no1. The quantitative estimate of drug-likeness (QED) is 0.396. The summed E-state index contributed by atoms with van der Waals surface area (Å²) in [5, 5.41) is 7.01. The molecule has 180 valence electrons. The van der Waals surface area contributed by atoms with Gasteiger partial charge in [0.25, 0.3) is 17.7 Å². The van der Waals surface area contributed by atoms with Crippen molar-refractivity contribution in [1.82, 2.24) is 25.3 Å². The zero-order valence-electron chi connectivity index (χ0n) is 19.7. The molecule has 9 heteroatoms. The maximum atomic E-state index is 13.1. The van der Waals surface area contributed by atoms with Crippen LogP contribution >= 0.6 is 0 Å². The molecule has 0 radical (unpaired) electrons. The van der Waals surface area contributed by atoms with Gasteiger partial charge in [0, 0.05) is 23.5 Å². The summed E-state index contributed by atoms with van der Waals surface area (Å²) in [6, 6.07) is 16.6. The molecule has 4 aromatic rings. The van der Waals surface area contributed by atoms with E-state index in [9.17, 15) is 14.4 Å². The Kier molecular flexibility index (Phi) is 6.12. The predicted octanol–water partition coefficient (Wildman–Crippen LogP) is 4.05. The van der Waals surface area contributed by atoms with Gasteiger partial charge in [-0.05, 0) is 47.9 Å². The van der Waals surface area contributed by atoms with E-state index in [2.05, 4.69) is 20.4 Å². The van der Waals surface area contributed by atoms with Crippen molar-refractivity contribution in [1.29, 1.82) is 0 Å². The number of nitrogens with one attached hydrogen (secondary N) is 1. The molecule has 5 rings (SSSR count). The number of fused-ring (bicyclic) bond motifs is 1. The first kappa shape index (κ1) is 23.1. The molecule has 0 spiro atoms. The van der Waals surface area contributed by atoms with Gasteiger partial charge in [-0.25, -0.2) is 0 Å². The Balaban J connectivity index is 1.32. The molecule has 0 aliphatic carbocycles. The molecular weight excluding hydrogens is 458 g/mol. The summed E-state index contributed by atoms with van der Waals surface area (Å²) in [4.78, 5) is 48.2. The van der Waals surface area contributed by atoms with Crippen LogP contribution in [0.1, 0.15) is 62.4 Å². The third kappa shape index (κ3) is 4.38. The van der Waals surface area contributed by atoms with E-state index in [0.717, 1.165) is 5.56 Å². The summed E-state index contributed by atoms with van der Waals surface area (Å²) < 4.78 is 5.47. The summed E-state index contributed by atoms with van der Waals surface area (Å²) in [5.74, 6) is -0.330. The third-order valence-corrected chi connectivity index (χ3v) is 6.01. The van der Waals surface area contributed by atoms with Crippen molar-refractivity contribution in [2.24, 2.45) is 5.92 Å². The monoisotopic (exact) mass is 481 g/mol. The number of aromatic nitrogens is 3. The molecule has 0 bridgehead atoms. The van der Waals surface area contributed by atoms with Crippen LogP contribution in [0.5, 0.6) is 0 Å². The largest absolute Gasteiger partial charge is 0.340 e. The van der Waals surface area contributed by atoms with E-state index in [1.54, 1.807) is 73.1 Å². The second-order valence-corrected chi connectivity index (χ2v) is 8.83. The molecule has 9 nitrogen and oxygen atoms in total. The van der Waals surface area contributed by atoms with Crippen LogP contribution in [0.25, 0.3) is 11.4 Å². The minimum Gasteiger partial charge on any atom is -0.340 e. The van der Waals surface area contributed by atoms with Crippen LogP contribution in [0.4, 0.5) is 0 Å². The Morgan fingerprint density at radius 3 is 2.33 bits per heavy atom. The second kappa shape index (κ2) is 9.53. The Hall–Kier alpha value is -4.66. The molecular formula is C27H23N5O4. The van der Waals surface area contributed by atoms with Crippen molar-refractivity contribution >= 4 is 17.7 Å². The van der Waals surface area contributed by atoms with Gasteiger partial charge in [0.2, 0.25) is 11.7 Å². The molecule has 1 aliphatic rings. The first-order valence-electron chi connectivity index (χ1n) is 11.5. The lowest BCUT2D eigenvalue weighted by molar-refractivity contribution is 0.0642. The lowest BCUT2D eigenvalue weighted by atomic mass is 10.0. The van der Waals surface area contributed by atoms with Crippen molar-refractivity contribution in [3.8, 4) is 11.4 Å². The van der Waals surface area contributed by atoms with Crippen LogP contribution in [0.3, 0.4) is 0 Å². The van der Waals surface area contributed by atoms with Crippen molar-refractivity contribution < 1.29 is 18.9 Å². The molecule has 1 unspecified atom stereocenters. The zero-order valence-corrected chi connectivity index (χ0v) is 19.7. The number of rotatable bonds is 7. The van der Waals surface area contributed by atoms with Crippen molar-refractivity contribution in [2.75, 3.05) is 0 Å². The van der Waals surface area contributed by atoms with E-state index < -0.39 is 6.04 Å². The Bertz CT molecular complexity index is 1410. The Morgan fingerprint density at radius 1 is 0.972 bits per heavy atom. The van der Waals surface area contributed by atoms with E-state index in [4.69, 9.17) is 4.52 Å². The third-order valence-electron chi connectivity index (χ3n) is 6.01. The number of benzene rings is 2. The van der Waals surface area contributed by atoms with Crippen molar-refractivity contribution in [3.05, 3.63) is 101 Å². The summed E-state index contributed by atoms with van der Waals surface area (Å²) in [6.07, 6.45) is 3.28. The molecule has 2 aromatic heterocycles. The van der Waals surface area contributed by atoms with E-state index in [0.29, 0.717) is 34.0 Å². The highest BCUT2D eigenvalue weighted by atomic mass is 16.5. The van der Waals surface area contributed by atoms with Gasteiger partial charge in [-0.2, -0.15) is 4.98 Å². The molecule has 1 aliphatic heterocycles. The van der Waals surface area contributed by atoms with Crippen LogP contribution in [-0.4, -0.2) is 37.7 Å². The van der Waals surface area contributed by atoms with Crippen LogP contribution in [0.2, 0.25) is 0 Å². The van der Waals surface area contributed by atoms with Gasteiger partial charge in [0.15, 0.2) is 0 Å². The molecule has 1 atom stereocenters. The predicted molar refractivity (Wildman–Crippen MR) is 130 cm³/mol. The Morgan fingerprint density at radius 2 is 1.67 bits per heavy atom. The highest BCUT2D eigenvalue weighted by Gasteiger charge is 2.35.